The summed E-state index contributed by atoms with van der Waals surface area (Å²) in [6.07, 6.45) is 5.91. The lowest BCUT2D eigenvalue weighted by atomic mass is 9.99. The highest BCUT2D eigenvalue weighted by molar-refractivity contribution is 5.83. The van der Waals surface area contributed by atoms with Gasteiger partial charge in [-0.25, -0.2) is 8.78 Å². The fourth-order valence-electron chi connectivity index (χ4n) is 5.07. The van der Waals surface area contributed by atoms with Crippen LogP contribution in [-0.4, -0.2) is 36.6 Å². The third-order valence-corrected chi connectivity index (χ3v) is 6.80. The summed E-state index contributed by atoms with van der Waals surface area (Å²) in [5.41, 5.74) is 2.87. The van der Waals surface area contributed by atoms with Crippen molar-refractivity contribution in [3.05, 3.63) is 88.7 Å². The SMILES string of the molecule is [CH2-]n1c2c(c3ccc(-n4ccc(OCc5ncc(F)cc5F)cc4=O)nc31)CN1CCCC1C2. The van der Waals surface area contributed by atoms with Crippen LogP contribution in [-0.2, 0) is 19.6 Å². The van der Waals surface area contributed by atoms with Gasteiger partial charge in [-0.05, 0) is 43.3 Å². The first-order chi connectivity index (χ1) is 16.5. The van der Waals surface area contributed by atoms with E-state index in [-0.39, 0.29) is 23.6 Å². The molecule has 4 aromatic rings. The highest BCUT2D eigenvalue weighted by atomic mass is 19.1. The number of nitrogens with zero attached hydrogens (tertiary/aromatic N) is 5. The van der Waals surface area contributed by atoms with Crippen LogP contribution in [0.15, 0.2) is 47.5 Å². The van der Waals surface area contributed by atoms with Crippen LogP contribution in [0.1, 0.15) is 29.8 Å². The molecule has 9 heteroatoms. The molecule has 1 fully saturated rings. The largest absolute Gasteiger partial charge is 0.487 e. The second-order valence-electron chi connectivity index (χ2n) is 8.81. The van der Waals surface area contributed by atoms with Crippen molar-refractivity contribution in [3.63, 3.8) is 0 Å². The molecule has 6 rings (SSSR count). The lowest BCUT2D eigenvalue weighted by Gasteiger charge is -2.33. The number of ether oxygens (including phenoxy) is 1. The molecule has 6 heterocycles. The number of rotatable bonds is 4. The van der Waals surface area contributed by atoms with Crippen LogP contribution in [0, 0.1) is 18.7 Å². The minimum absolute atomic E-state index is 0.0432. The monoisotopic (exact) mass is 462 g/mol. The first-order valence-corrected chi connectivity index (χ1v) is 11.2. The number of pyridine rings is 3. The second kappa shape index (κ2) is 7.95. The smallest absolute Gasteiger partial charge is 0.259 e. The van der Waals surface area contributed by atoms with Crippen molar-refractivity contribution in [2.75, 3.05) is 6.54 Å². The van der Waals surface area contributed by atoms with Crippen molar-refractivity contribution in [2.45, 2.75) is 38.5 Å². The molecule has 4 aromatic heterocycles. The maximum atomic E-state index is 13.8. The van der Waals surface area contributed by atoms with E-state index < -0.39 is 11.6 Å². The van der Waals surface area contributed by atoms with E-state index in [1.165, 1.54) is 34.7 Å². The first kappa shape index (κ1) is 20.9. The van der Waals surface area contributed by atoms with Gasteiger partial charge in [0.05, 0.1) is 6.20 Å². The van der Waals surface area contributed by atoms with E-state index in [1.807, 2.05) is 16.7 Å². The molecule has 0 radical (unpaired) electrons. The third kappa shape index (κ3) is 3.43. The summed E-state index contributed by atoms with van der Waals surface area (Å²) in [4.78, 5) is 23.8. The zero-order valence-corrected chi connectivity index (χ0v) is 18.4. The van der Waals surface area contributed by atoms with Gasteiger partial charge < -0.3 is 9.30 Å². The van der Waals surface area contributed by atoms with Crippen molar-refractivity contribution < 1.29 is 13.5 Å². The van der Waals surface area contributed by atoms with Gasteiger partial charge in [-0.2, -0.15) is 0 Å². The van der Waals surface area contributed by atoms with Gasteiger partial charge in [0.2, 0.25) is 0 Å². The van der Waals surface area contributed by atoms with Crippen molar-refractivity contribution in [2.24, 2.45) is 0 Å². The lowest BCUT2D eigenvalue weighted by Crippen LogP contribution is -2.35. The number of fused-ring (bicyclic) bond motifs is 4. The van der Waals surface area contributed by atoms with E-state index in [9.17, 15) is 13.6 Å². The minimum atomic E-state index is -0.801. The zero-order valence-electron chi connectivity index (χ0n) is 18.4. The summed E-state index contributed by atoms with van der Waals surface area (Å²) < 4.78 is 35.6. The van der Waals surface area contributed by atoms with Gasteiger partial charge in [-0.3, -0.25) is 24.2 Å². The molecule has 0 amide bonds. The normalized spacial score (nSPS) is 17.6. The maximum Gasteiger partial charge on any atom is 0.259 e. The van der Waals surface area contributed by atoms with Gasteiger partial charge in [-0.1, -0.05) is 17.3 Å². The molecule has 0 bridgehead atoms. The van der Waals surface area contributed by atoms with Crippen molar-refractivity contribution in [3.8, 4) is 11.6 Å². The summed E-state index contributed by atoms with van der Waals surface area (Å²) in [5.74, 6) is -0.826. The van der Waals surface area contributed by atoms with Crippen LogP contribution < -0.4 is 10.3 Å². The Hall–Kier alpha value is -3.72. The number of aromatic nitrogens is 4. The van der Waals surface area contributed by atoms with E-state index in [4.69, 9.17) is 9.72 Å². The van der Waals surface area contributed by atoms with Crippen LogP contribution in [0.4, 0.5) is 8.78 Å². The van der Waals surface area contributed by atoms with E-state index in [0.29, 0.717) is 11.9 Å². The van der Waals surface area contributed by atoms with Gasteiger partial charge in [-0.15, -0.1) is 7.05 Å². The summed E-state index contributed by atoms with van der Waals surface area (Å²) in [6.45, 7) is 1.82. The molecular formula is C25H22F2N5O2-. The Kier molecular flexibility index (Phi) is 4.88. The molecule has 0 spiro atoms. The van der Waals surface area contributed by atoms with Gasteiger partial charge >= 0.3 is 0 Å². The summed E-state index contributed by atoms with van der Waals surface area (Å²) in [5, 5.41) is 1.07. The first-order valence-electron chi connectivity index (χ1n) is 11.2. The Morgan fingerprint density at radius 2 is 2.09 bits per heavy atom. The molecule has 0 N–H and O–H groups in total. The molecule has 1 unspecified atom stereocenters. The zero-order chi connectivity index (χ0) is 23.4. The van der Waals surface area contributed by atoms with Crippen LogP contribution in [0.3, 0.4) is 0 Å². The Morgan fingerprint density at radius 3 is 2.91 bits per heavy atom. The number of halogens is 2. The van der Waals surface area contributed by atoms with Crippen LogP contribution in [0.25, 0.3) is 16.9 Å². The molecular weight excluding hydrogens is 440 g/mol. The molecule has 7 nitrogen and oxygen atoms in total. The Bertz CT molecular complexity index is 1480. The molecule has 2 aliphatic heterocycles. The Balaban J connectivity index is 1.28. The predicted molar refractivity (Wildman–Crippen MR) is 122 cm³/mol. The standard InChI is InChI=1S/C25H22F2N5O2/c1-30-22-10-16-3-2-7-31(16)13-19(22)18-4-5-23(29-25(18)30)32-8-6-17(11-24(32)33)34-14-21-20(27)9-15(26)12-28-21/h4-6,8-9,11-12,16H,1-3,7,10,13-14H2/q-1. The van der Waals surface area contributed by atoms with Gasteiger partial charge in [0.15, 0.2) is 5.82 Å². The van der Waals surface area contributed by atoms with E-state index in [0.717, 1.165) is 42.8 Å². The fourth-order valence-corrected chi connectivity index (χ4v) is 5.07. The highest BCUT2D eigenvalue weighted by Crippen LogP contribution is 2.35. The second-order valence-corrected chi connectivity index (χ2v) is 8.81. The molecule has 174 valence electrons. The number of hydrogen-bond donors (Lipinski definition) is 0. The minimum Gasteiger partial charge on any atom is -0.487 e. The Morgan fingerprint density at radius 1 is 1.21 bits per heavy atom. The maximum absolute atomic E-state index is 13.8. The molecule has 0 aliphatic carbocycles. The van der Waals surface area contributed by atoms with Crippen LogP contribution >= 0.6 is 0 Å². The molecule has 2 aliphatic rings. The predicted octanol–water partition coefficient (Wildman–Crippen LogP) is 3.60. The van der Waals surface area contributed by atoms with Crippen LogP contribution in [0.2, 0.25) is 0 Å². The average Bonchev–Trinajstić information content (AvgIpc) is 3.39. The fraction of sp³-hybridized carbons (Fsp3) is 0.280. The van der Waals surface area contributed by atoms with Crippen molar-refractivity contribution >= 4 is 11.0 Å². The third-order valence-electron chi connectivity index (χ3n) is 6.80. The van der Waals surface area contributed by atoms with Crippen molar-refractivity contribution in [1.29, 1.82) is 0 Å². The Labute approximate surface area is 194 Å². The van der Waals surface area contributed by atoms with Gasteiger partial charge in [0, 0.05) is 36.6 Å². The summed E-state index contributed by atoms with van der Waals surface area (Å²) in [6, 6.07) is 8.05. The van der Waals surface area contributed by atoms with Crippen molar-refractivity contribution in [1.82, 2.24) is 24.0 Å². The van der Waals surface area contributed by atoms with E-state index in [2.05, 4.69) is 16.9 Å². The molecule has 1 atom stereocenters. The lowest BCUT2D eigenvalue weighted by molar-refractivity contribution is 0.226. The molecule has 0 aromatic carbocycles. The topological polar surface area (TPSA) is 65.2 Å². The molecule has 34 heavy (non-hydrogen) atoms. The summed E-state index contributed by atoms with van der Waals surface area (Å²) >= 11 is 0. The van der Waals surface area contributed by atoms with E-state index in [1.54, 1.807) is 12.3 Å². The van der Waals surface area contributed by atoms with Crippen LogP contribution in [0.5, 0.6) is 5.75 Å². The molecule has 0 saturated carbocycles. The average molecular weight is 462 g/mol. The van der Waals surface area contributed by atoms with Gasteiger partial charge in [0.1, 0.15) is 29.7 Å². The summed E-state index contributed by atoms with van der Waals surface area (Å²) in [7, 11) is 4.24. The number of hydrogen-bond acceptors (Lipinski definition) is 5. The quantitative estimate of drug-likeness (QED) is 0.434. The molecule has 1 saturated heterocycles. The van der Waals surface area contributed by atoms with E-state index >= 15 is 0 Å². The highest BCUT2D eigenvalue weighted by Gasteiger charge is 2.30. The van der Waals surface area contributed by atoms with Gasteiger partial charge in [0.25, 0.3) is 5.56 Å².